The average Bonchev–Trinajstić information content (AvgIpc) is 3.52. The highest BCUT2D eigenvalue weighted by atomic mass is 16.5. The Kier molecular flexibility index (Phi) is 5.02. The fraction of sp³-hybridized carbons (Fsp3) is 0.150. The van der Waals surface area contributed by atoms with Gasteiger partial charge in [0, 0.05) is 17.7 Å². The van der Waals surface area contributed by atoms with Crippen LogP contribution in [0.2, 0.25) is 0 Å². The van der Waals surface area contributed by atoms with Gasteiger partial charge < -0.3 is 23.7 Å². The number of H-pyrrole nitrogens is 1. The second-order valence-electron chi connectivity index (χ2n) is 6.08. The number of nitrogens with zero attached hydrogens (tertiary/aromatic N) is 2. The Labute approximate surface area is 165 Å². The Balaban J connectivity index is 1.41. The Hall–Kier alpha value is -4.01. The number of aromatic amines is 1. The summed E-state index contributed by atoms with van der Waals surface area (Å²) in [5.41, 5.74) is 2.23. The molecule has 3 heterocycles. The number of ether oxygens (including phenoxy) is 2. The summed E-state index contributed by atoms with van der Waals surface area (Å²) in [5.74, 6) is 2.02. The van der Waals surface area contributed by atoms with E-state index in [1.54, 1.807) is 56.9 Å². The Bertz CT molecular complexity index is 1110. The number of rotatable bonds is 7. The maximum Gasteiger partial charge on any atom is 0.272 e. The van der Waals surface area contributed by atoms with E-state index in [2.05, 4.69) is 20.7 Å². The number of nitrogens with one attached hydrogen (secondary N) is 2. The summed E-state index contributed by atoms with van der Waals surface area (Å²) in [6.07, 6.45) is 1.55. The van der Waals surface area contributed by atoms with Crippen molar-refractivity contribution in [2.24, 2.45) is 0 Å². The van der Waals surface area contributed by atoms with E-state index in [1.807, 2.05) is 6.07 Å². The molecule has 9 nitrogen and oxygen atoms in total. The minimum atomic E-state index is -0.338. The third kappa shape index (κ3) is 3.84. The number of carbonyl (C=O) groups is 1. The normalized spacial score (nSPS) is 10.7. The molecule has 0 bridgehead atoms. The van der Waals surface area contributed by atoms with Crippen molar-refractivity contribution in [1.29, 1.82) is 0 Å². The molecule has 0 aliphatic carbocycles. The van der Waals surface area contributed by atoms with E-state index < -0.39 is 0 Å². The van der Waals surface area contributed by atoms with Gasteiger partial charge in [-0.15, -0.1) is 0 Å². The van der Waals surface area contributed by atoms with Gasteiger partial charge in [-0.3, -0.25) is 9.89 Å². The lowest BCUT2D eigenvalue weighted by atomic mass is 10.1. The van der Waals surface area contributed by atoms with E-state index in [4.69, 9.17) is 18.4 Å². The van der Waals surface area contributed by atoms with Crippen molar-refractivity contribution in [3.63, 3.8) is 0 Å². The van der Waals surface area contributed by atoms with Gasteiger partial charge in [-0.25, -0.2) is 0 Å². The molecule has 9 heteroatoms. The second kappa shape index (κ2) is 7.93. The quantitative estimate of drug-likeness (QED) is 0.494. The highest BCUT2D eigenvalue weighted by Gasteiger charge is 2.15. The molecule has 0 fully saturated rings. The lowest BCUT2D eigenvalue weighted by Gasteiger charge is -2.07. The first kappa shape index (κ1) is 18.4. The molecule has 0 spiro atoms. The van der Waals surface area contributed by atoms with Crippen LogP contribution in [-0.4, -0.2) is 35.5 Å². The first-order valence-electron chi connectivity index (χ1n) is 8.73. The molecule has 1 aromatic carbocycles. The van der Waals surface area contributed by atoms with Gasteiger partial charge in [0.15, 0.2) is 28.7 Å². The highest BCUT2D eigenvalue weighted by molar-refractivity contribution is 5.93. The topological polar surface area (TPSA) is 115 Å². The monoisotopic (exact) mass is 394 g/mol. The maximum atomic E-state index is 12.3. The number of aromatic nitrogens is 3. The predicted molar refractivity (Wildman–Crippen MR) is 103 cm³/mol. The van der Waals surface area contributed by atoms with Crippen molar-refractivity contribution in [3.8, 4) is 34.3 Å². The summed E-state index contributed by atoms with van der Waals surface area (Å²) >= 11 is 0. The molecule has 0 aliphatic heterocycles. The highest BCUT2D eigenvalue weighted by Crippen LogP contribution is 2.32. The van der Waals surface area contributed by atoms with Gasteiger partial charge in [0.1, 0.15) is 11.4 Å². The van der Waals surface area contributed by atoms with Crippen molar-refractivity contribution < 1.29 is 23.2 Å². The lowest BCUT2D eigenvalue weighted by molar-refractivity contribution is 0.0945. The van der Waals surface area contributed by atoms with Crippen LogP contribution in [0.4, 0.5) is 0 Å². The smallest absolute Gasteiger partial charge is 0.272 e. The first-order chi connectivity index (χ1) is 14.2. The third-order valence-electron chi connectivity index (χ3n) is 4.25. The molecule has 29 heavy (non-hydrogen) atoms. The Morgan fingerprint density at radius 3 is 2.72 bits per heavy atom. The molecule has 3 aromatic heterocycles. The molecule has 0 unspecified atom stereocenters. The van der Waals surface area contributed by atoms with E-state index >= 15 is 0 Å². The fourth-order valence-electron chi connectivity index (χ4n) is 2.78. The summed E-state index contributed by atoms with van der Waals surface area (Å²) in [6.45, 7) is 0.193. The van der Waals surface area contributed by atoms with Crippen LogP contribution in [-0.2, 0) is 6.54 Å². The van der Waals surface area contributed by atoms with Crippen LogP contribution >= 0.6 is 0 Å². The van der Waals surface area contributed by atoms with Crippen molar-refractivity contribution in [2.75, 3.05) is 14.2 Å². The van der Waals surface area contributed by atoms with Gasteiger partial charge in [0.2, 0.25) is 0 Å². The minimum Gasteiger partial charge on any atom is -0.493 e. The molecule has 0 atom stereocenters. The number of benzene rings is 1. The van der Waals surface area contributed by atoms with Crippen molar-refractivity contribution in [2.45, 2.75) is 6.54 Å². The molecule has 0 radical (unpaired) electrons. The second-order valence-corrected chi connectivity index (χ2v) is 6.08. The molecule has 4 rings (SSSR count). The fourth-order valence-corrected chi connectivity index (χ4v) is 2.78. The molecule has 0 aliphatic rings. The van der Waals surface area contributed by atoms with Gasteiger partial charge in [0.05, 0.1) is 27.0 Å². The van der Waals surface area contributed by atoms with Crippen LogP contribution in [0.15, 0.2) is 57.7 Å². The summed E-state index contributed by atoms with van der Waals surface area (Å²) in [5, 5.41) is 13.5. The minimum absolute atomic E-state index is 0.193. The molecular weight excluding hydrogens is 376 g/mol. The number of carbonyl (C=O) groups excluding carboxylic acids is 1. The summed E-state index contributed by atoms with van der Waals surface area (Å²) in [6, 6.07) is 12.3. The molecule has 1 amide bonds. The van der Waals surface area contributed by atoms with Gasteiger partial charge in [-0.1, -0.05) is 5.16 Å². The Morgan fingerprint density at radius 1 is 1.10 bits per heavy atom. The average molecular weight is 394 g/mol. The molecular formula is C20H18N4O5. The van der Waals surface area contributed by atoms with Crippen LogP contribution in [0.25, 0.3) is 22.8 Å². The van der Waals surface area contributed by atoms with Crippen molar-refractivity contribution in [1.82, 2.24) is 20.7 Å². The van der Waals surface area contributed by atoms with Gasteiger partial charge in [-0.2, -0.15) is 5.10 Å². The van der Waals surface area contributed by atoms with Gasteiger partial charge in [0.25, 0.3) is 5.91 Å². The van der Waals surface area contributed by atoms with Crippen LogP contribution < -0.4 is 14.8 Å². The number of hydrogen-bond acceptors (Lipinski definition) is 7. The zero-order chi connectivity index (χ0) is 20.2. The zero-order valence-electron chi connectivity index (χ0n) is 15.8. The molecule has 148 valence electrons. The number of hydrogen-bond donors (Lipinski definition) is 2. The molecule has 0 saturated carbocycles. The van der Waals surface area contributed by atoms with Gasteiger partial charge >= 0.3 is 0 Å². The number of amides is 1. The van der Waals surface area contributed by atoms with Crippen LogP contribution in [0.5, 0.6) is 11.5 Å². The maximum absolute atomic E-state index is 12.3. The van der Waals surface area contributed by atoms with E-state index in [9.17, 15) is 4.79 Å². The lowest BCUT2D eigenvalue weighted by Crippen LogP contribution is -2.23. The van der Waals surface area contributed by atoms with Crippen LogP contribution in [0.1, 0.15) is 16.2 Å². The predicted octanol–water partition coefficient (Wildman–Crippen LogP) is 3.27. The van der Waals surface area contributed by atoms with E-state index in [-0.39, 0.29) is 18.1 Å². The van der Waals surface area contributed by atoms with E-state index in [1.165, 1.54) is 0 Å². The first-order valence-corrected chi connectivity index (χ1v) is 8.73. The molecule has 0 saturated heterocycles. The van der Waals surface area contributed by atoms with E-state index in [0.29, 0.717) is 34.4 Å². The largest absolute Gasteiger partial charge is 0.493 e. The SMILES string of the molecule is COc1ccc(-c2cc(CNC(=O)c3cc(-c4ccco4)[nH]n3)no2)cc1OC. The number of furan rings is 1. The molecule has 2 N–H and O–H groups in total. The zero-order valence-corrected chi connectivity index (χ0v) is 15.8. The van der Waals surface area contributed by atoms with Gasteiger partial charge in [-0.05, 0) is 30.3 Å². The van der Waals surface area contributed by atoms with Crippen LogP contribution in [0.3, 0.4) is 0 Å². The Morgan fingerprint density at radius 2 is 1.97 bits per heavy atom. The summed E-state index contributed by atoms with van der Waals surface area (Å²) < 4.78 is 21.2. The van der Waals surface area contributed by atoms with Crippen molar-refractivity contribution >= 4 is 5.91 Å². The summed E-state index contributed by atoms with van der Waals surface area (Å²) in [7, 11) is 3.14. The van der Waals surface area contributed by atoms with Crippen molar-refractivity contribution in [3.05, 3.63) is 60.1 Å². The van der Waals surface area contributed by atoms with E-state index in [0.717, 1.165) is 5.56 Å². The third-order valence-corrected chi connectivity index (χ3v) is 4.25. The standard InChI is InChI=1S/C20H18N4O5/c1-26-17-6-5-12(8-19(17)27-2)18-9-13(24-29-18)11-21-20(25)15-10-14(22-23-15)16-4-3-7-28-16/h3-10H,11H2,1-2H3,(H,21,25)(H,22,23). The molecule has 4 aromatic rings. The summed E-state index contributed by atoms with van der Waals surface area (Å²) in [4.78, 5) is 12.3. The van der Waals surface area contributed by atoms with Crippen LogP contribution in [0, 0.1) is 0 Å². The number of methoxy groups -OCH3 is 2.